The molecule has 0 saturated heterocycles. The quantitative estimate of drug-likeness (QED) is 0.632. The number of nitrogens with zero attached hydrogens (tertiary/aromatic N) is 1. The molecular formula is C12H9FN2O. The number of pyridine rings is 1. The van der Waals surface area contributed by atoms with Gasteiger partial charge in [0.15, 0.2) is 0 Å². The fourth-order valence-electron chi connectivity index (χ4n) is 1.40. The minimum Gasteiger partial charge on any atom is -0.329 e. The number of aromatic nitrogens is 1. The van der Waals surface area contributed by atoms with Gasteiger partial charge in [0.05, 0.1) is 0 Å². The lowest BCUT2D eigenvalue weighted by atomic mass is 10.1. The summed E-state index contributed by atoms with van der Waals surface area (Å²) < 4.78 is 12.6. The molecule has 3 nitrogen and oxygen atoms in total. The minimum atomic E-state index is -0.508. The van der Waals surface area contributed by atoms with E-state index in [0.29, 0.717) is 12.1 Å². The summed E-state index contributed by atoms with van der Waals surface area (Å²) in [5.74, 6) is -0.508. The second-order valence-electron chi connectivity index (χ2n) is 3.21. The first-order valence-corrected chi connectivity index (χ1v) is 4.72. The minimum absolute atomic E-state index is 0.508. The van der Waals surface area contributed by atoms with E-state index in [0.717, 1.165) is 11.1 Å². The smallest absolute Gasteiger partial charge is 0.212 e. The van der Waals surface area contributed by atoms with Crippen LogP contribution in [0.2, 0.25) is 0 Å². The molecular weight excluding hydrogens is 207 g/mol. The summed E-state index contributed by atoms with van der Waals surface area (Å²) in [6.45, 7) is 0. The van der Waals surface area contributed by atoms with Crippen molar-refractivity contribution in [2.45, 2.75) is 0 Å². The molecule has 80 valence electrons. The molecule has 1 amide bonds. The zero-order valence-electron chi connectivity index (χ0n) is 8.35. The summed E-state index contributed by atoms with van der Waals surface area (Å²) in [6.07, 6.45) is 2.07. The van der Waals surface area contributed by atoms with Crippen molar-refractivity contribution in [2.24, 2.45) is 0 Å². The summed E-state index contributed by atoms with van der Waals surface area (Å²) in [4.78, 5) is 13.9. The number of rotatable bonds is 3. The summed E-state index contributed by atoms with van der Waals surface area (Å²) in [7, 11) is 0. The predicted octanol–water partition coefficient (Wildman–Crippen LogP) is 2.46. The van der Waals surface area contributed by atoms with Crippen LogP contribution < -0.4 is 5.32 Å². The molecule has 0 radical (unpaired) electrons. The molecule has 0 aliphatic heterocycles. The van der Waals surface area contributed by atoms with Crippen molar-refractivity contribution in [3.63, 3.8) is 0 Å². The first-order chi connectivity index (χ1) is 7.79. The topological polar surface area (TPSA) is 42.0 Å². The predicted molar refractivity (Wildman–Crippen MR) is 59.3 cm³/mol. The van der Waals surface area contributed by atoms with Crippen LogP contribution in [0.1, 0.15) is 0 Å². The molecule has 4 heteroatoms. The maximum Gasteiger partial charge on any atom is 0.212 e. The monoisotopic (exact) mass is 216 g/mol. The Morgan fingerprint density at radius 3 is 2.75 bits per heavy atom. The van der Waals surface area contributed by atoms with Crippen LogP contribution in [-0.2, 0) is 4.79 Å². The number of carbonyl (C=O) groups excluding carboxylic acids is 1. The number of halogens is 1. The summed E-state index contributed by atoms with van der Waals surface area (Å²) in [5.41, 5.74) is 2.37. The van der Waals surface area contributed by atoms with E-state index in [4.69, 9.17) is 0 Å². The summed E-state index contributed by atoms with van der Waals surface area (Å²) in [6, 6.07) is 10.2. The van der Waals surface area contributed by atoms with E-state index < -0.39 is 5.95 Å². The van der Waals surface area contributed by atoms with Gasteiger partial charge in [-0.05, 0) is 29.8 Å². The van der Waals surface area contributed by atoms with E-state index >= 15 is 0 Å². The largest absolute Gasteiger partial charge is 0.329 e. The van der Waals surface area contributed by atoms with Crippen molar-refractivity contribution >= 4 is 12.1 Å². The van der Waals surface area contributed by atoms with E-state index in [1.54, 1.807) is 18.2 Å². The molecule has 1 aromatic heterocycles. The molecule has 1 aromatic carbocycles. The highest BCUT2D eigenvalue weighted by atomic mass is 19.1. The number of amides is 1. The Hall–Kier alpha value is -2.23. The van der Waals surface area contributed by atoms with E-state index in [2.05, 4.69) is 10.3 Å². The lowest BCUT2D eigenvalue weighted by Gasteiger charge is -2.03. The van der Waals surface area contributed by atoms with Crippen LogP contribution >= 0.6 is 0 Å². The van der Waals surface area contributed by atoms with Gasteiger partial charge in [0.2, 0.25) is 12.4 Å². The van der Waals surface area contributed by atoms with Crippen LogP contribution in [0.15, 0.2) is 42.6 Å². The molecule has 0 aliphatic carbocycles. The normalized spacial score (nSPS) is 9.81. The van der Waals surface area contributed by atoms with Gasteiger partial charge in [0, 0.05) is 17.4 Å². The maximum absolute atomic E-state index is 12.6. The van der Waals surface area contributed by atoms with E-state index in [9.17, 15) is 9.18 Å². The van der Waals surface area contributed by atoms with Crippen LogP contribution in [0.5, 0.6) is 0 Å². The van der Waals surface area contributed by atoms with Gasteiger partial charge in [-0.1, -0.05) is 12.1 Å². The van der Waals surface area contributed by atoms with Crippen molar-refractivity contribution in [3.8, 4) is 11.1 Å². The number of benzene rings is 1. The molecule has 2 rings (SSSR count). The molecule has 1 N–H and O–H groups in total. The van der Waals surface area contributed by atoms with Crippen molar-refractivity contribution in [1.82, 2.24) is 4.98 Å². The first kappa shape index (κ1) is 10.3. The second-order valence-corrected chi connectivity index (χ2v) is 3.21. The molecule has 0 atom stereocenters. The lowest BCUT2D eigenvalue weighted by molar-refractivity contribution is -0.105. The highest BCUT2D eigenvalue weighted by Gasteiger charge is 1.99. The number of nitrogens with one attached hydrogen (secondary N) is 1. The van der Waals surface area contributed by atoms with Crippen molar-refractivity contribution in [2.75, 3.05) is 5.32 Å². The fourth-order valence-corrected chi connectivity index (χ4v) is 1.40. The van der Waals surface area contributed by atoms with Crippen LogP contribution in [0.3, 0.4) is 0 Å². The Labute approximate surface area is 92.0 Å². The average Bonchev–Trinajstić information content (AvgIpc) is 2.31. The van der Waals surface area contributed by atoms with Crippen LogP contribution in [0, 0.1) is 5.95 Å². The van der Waals surface area contributed by atoms with Gasteiger partial charge in [-0.15, -0.1) is 0 Å². The van der Waals surface area contributed by atoms with Gasteiger partial charge in [-0.2, -0.15) is 4.39 Å². The number of hydrogen-bond acceptors (Lipinski definition) is 2. The van der Waals surface area contributed by atoms with Gasteiger partial charge in [-0.25, -0.2) is 4.98 Å². The van der Waals surface area contributed by atoms with E-state index in [1.165, 1.54) is 12.3 Å². The van der Waals surface area contributed by atoms with Crippen LogP contribution in [0.4, 0.5) is 10.1 Å². The molecule has 0 fully saturated rings. The molecule has 0 saturated carbocycles. The van der Waals surface area contributed by atoms with Crippen LogP contribution in [0.25, 0.3) is 11.1 Å². The molecule has 2 aromatic rings. The van der Waals surface area contributed by atoms with Crippen molar-refractivity contribution < 1.29 is 9.18 Å². The van der Waals surface area contributed by atoms with Crippen molar-refractivity contribution in [1.29, 1.82) is 0 Å². The average molecular weight is 216 g/mol. The fraction of sp³-hybridized carbons (Fsp3) is 0. The van der Waals surface area contributed by atoms with E-state index in [1.807, 2.05) is 12.1 Å². The Balaban J connectivity index is 2.36. The molecule has 0 aliphatic rings. The molecule has 0 bridgehead atoms. The second kappa shape index (κ2) is 4.53. The standard InChI is InChI=1S/C12H9FN2O/c13-12-5-4-10(7-14-12)9-2-1-3-11(6-9)15-8-16/h1-8H,(H,15,16). The third kappa shape index (κ3) is 2.23. The van der Waals surface area contributed by atoms with Gasteiger partial charge < -0.3 is 5.32 Å². The first-order valence-electron chi connectivity index (χ1n) is 4.72. The molecule has 0 unspecified atom stereocenters. The Kier molecular flexibility index (Phi) is 2.91. The SMILES string of the molecule is O=CNc1cccc(-c2ccc(F)nc2)c1. The number of hydrogen-bond donors (Lipinski definition) is 1. The Bertz CT molecular complexity index is 497. The third-order valence-corrected chi connectivity index (χ3v) is 2.15. The summed E-state index contributed by atoms with van der Waals surface area (Å²) in [5, 5.41) is 2.55. The maximum atomic E-state index is 12.6. The number of carbonyl (C=O) groups is 1. The zero-order chi connectivity index (χ0) is 11.4. The Morgan fingerprint density at radius 1 is 1.19 bits per heavy atom. The molecule has 0 spiro atoms. The third-order valence-electron chi connectivity index (χ3n) is 2.15. The summed E-state index contributed by atoms with van der Waals surface area (Å²) >= 11 is 0. The highest BCUT2D eigenvalue weighted by Crippen LogP contribution is 2.21. The van der Waals surface area contributed by atoms with Crippen LogP contribution in [-0.4, -0.2) is 11.4 Å². The number of anilines is 1. The zero-order valence-corrected chi connectivity index (χ0v) is 8.35. The van der Waals surface area contributed by atoms with E-state index in [-0.39, 0.29) is 0 Å². The molecule has 16 heavy (non-hydrogen) atoms. The Morgan fingerprint density at radius 2 is 2.06 bits per heavy atom. The van der Waals surface area contributed by atoms with Gasteiger partial charge in [-0.3, -0.25) is 4.79 Å². The lowest BCUT2D eigenvalue weighted by Crippen LogP contribution is -1.93. The molecule has 1 heterocycles. The highest BCUT2D eigenvalue weighted by molar-refractivity contribution is 5.75. The van der Waals surface area contributed by atoms with Crippen molar-refractivity contribution in [3.05, 3.63) is 48.5 Å². The van der Waals surface area contributed by atoms with Gasteiger partial charge in [0.1, 0.15) is 0 Å². The van der Waals surface area contributed by atoms with Gasteiger partial charge in [0.25, 0.3) is 0 Å². The van der Waals surface area contributed by atoms with Gasteiger partial charge >= 0.3 is 0 Å².